The summed E-state index contributed by atoms with van der Waals surface area (Å²) in [5, 5.41) is 23.1. The Labute approximate surface area is 367 Å². The molecule has 348 valence electrons. The van der Waals surface area contributed by atoms with E-state index in [9.17, 15) is 19.8 Å². The Bertz CT molecular complexity index is 920. The Hall–Kier alpha value is -1.66. The number of ether oxygens (including phenoxy) is 1. The third-order valence-electron chi connectivity index (χ3n) is 12.0. The molecule has 0 saturated heterocycles. The summed E-state index contributed by atoms with van der Waals surface area (Å²) >= 11 is 0. The van der Waals surface area contributed by atoms with E-state index in [1.807, 2.05) is 6.08 Å². The maximum Gasteiger partial charge on any atom is 0.305 e. The highest BCUT2D eigenvalue weighted by atomic mass is 16.5. The van der Waals surface area contributed by atoms with Gasteiger partial charge in [-0.3, -0.25) is 9.59 Å². The van der Waals surface area contributed by atoms with Crippen LogP contribution in [0, 0.1) is 0 Å². The van der Waals surface area contributed by atoms with Gasteiger partial charge in [0.05, 0.1) is 25.4 Å². The molecule has 0 aromatic rings. The molecule has 0 aliphatic carbocycles. The summed E-state index contributed by atoms with van der Waals surface area (Å²) in [6, 6.07) is -0.637. The van der Waals surface area contributed by atoms with Crippen LogP contribution in [-0.4, -0.2) is 47.4 Å². The molecule has 0 aromatic carbocycles. The first kappa shape index (κ1) is 57.3. The summed E-state index contributed by atoms with van der Waals surface area (Å²) in [7, 11) is 0. The number of allylic oxidation sites excluding steroid dienone is 3. The molecule has 2 unspecified atom stereocenters. The van der Waals surface area contributed by atoms with E-state index in [1.54, 1.807) is 6.08 Å². The Morgan fingerprint density at radius 2 is 0.797 bits per heavy atom. The lowest BCUT2D eigenvalue weighted by Crippen LogP contribution is -2.45. The van der Waals surface area contributed by atoms with Crippen molar-refractivity contribution in [2.45, 2.75) is 289 Å². The molecule has 0 rings (SSSR count). The van der Waals surface area contributed by atoms with Gasteiger partial charge in [0.25, 0.3) is 0 Å². The molecule has 0 heterocycles. The maximum absolute atomic E-state index is 12.4. The van der Waals surface area contributed by atoms with E-state index in [0.717, 1.165) is 57.8 Å². The van der Waals surface area contributed by atoms with Crippen molar-refractivity contribution in [2.24, 2.45) is 0 Å². The van der Waals surface area contributed by atoms with Gasteiger partial charge in [0.15, 0.2) is 0 Å². The largest absolute Gasteiger partial charge is 0.466 e. The fraction of sp³-hybridized carbons (Fsp3) is 0.887. The number of carbonyl (C=O) groups excluding carboxylic acids is 2. The van der Waals surface area contributed by atoms with Crippen LogP contribution in [0.15, 0.2) is 24.3 Å². The predicted octanol–water partition coefficient (Wildman–Crippen LogP) is 15.5. The summed E-state index contributed by atoms with van der Waals surface area (Å²) in [5.41, 5.74) is 0. The predicted molar refractivity (Wildman–Crippen MR) is 255 cm³/mol. The number of esters is 1. The number of unbranched alkanes of at least 4 members (excludes halogenated alkanes) is 35. The Balaban J connectivity index is 3.50. The molecule has 6 heteroatoms. The molecule has 0 radical (unpaired) electrons. The van der Waals surface area contributed by atoms with Crippen molar-refractivity contribution in [2.75, 3.05) is 13.2 Å². The third kappa shape index (κ3) is 45.7. The molecule has 3 N–H and O–H groups in total. The fourth-order valence-corrected chi connectivity index (χ4v) is 7.92. The van der Waals surface area contributed by atoms with Gasteiger partial charge in [0, 0.05) is 12.8 Å². The smallest absolute Gasteiger partial charge is 0.305 e. The molecular formula is C53H101NO5. The lowest BCUT2D eigenvalue weighted by Gasteiger charge is -2.20. The monoisotopic (exact) mass is 832 g/mol. The number of aliphatic hydroxyl groups is 2. The number of carbonyl (C=O) groups is 2. The first-order valence-corrected chi connectivity index (χ1v) is 26.1. The summed E-state index contributed by atoms with van der Waals surface area (Å²) in [6.07, 6.45) is 57.4. The van der Waals surface area contributed by atoms with Crippen molar-refractivity contribution in [1.29, 1.82) is 0 Å². The second-order valence-electron chi connectivity index (χ2n) is 17.9. The number of amides is 1. The second kappa shape index (κ2) is 49.0. The van der Waals surface area contributed by atoms with Gasteiger partial charge in [-0.05, 0) is 57.8 Å². The standard InChI is InChI=1S/C53H101NO5/c1-3-5-7-9-11-13-15-17-18-19-22-25-29-33-37-41-45-51(56)50(49-55)54-52(57)46-42-38-34-30-26-23-20-24-28-32-36-40-44-48-59-53(58)47-43-39-35-31-27-21-16-14-12-10-8-6-4-2/h14,16,41,45,50-51,55-56H,3-13,15,17-40,42-44,46-49H2,1-2H3,(H,54,57)/b16-14-,45-41+. The number of rotatable bonds is 48. The van der Waals surface area contributed by atoms with Crippen molar-refractivity contribution in [1.82, 2.24) is 5.32 Å². The Kier molecular flexibility index (Phi) is 47.6. The minimum atomic E-state index is -0.852. The fourth-order valence-electron chi connectivity index (χ4n) is 7.92. The first-order chi connectivity index (χ1) is 29.0. The number of aliphatic hydroxyl groups excluding tert-OH is 2. The van der Waals surface area contributed by atoms with E-state index in [-0.39, 0.29) is 18.5 Å². The van der Waals surface area contributed by atoms with Crippen molar-refractivity contribution >= 4 is 11.9 Å². The number of hydrogen-bond acceptors (Lipinski definition) is 5. The van der Waals surface area contributed by atoms with Crippen LogP contribution in [0.5, 0.6) is 0 Å². The Morgan fingerprint density at radius 3 is 1.22 bits per heavy atom. The van der Waals surface area contributed by atoms with Gasteiger partial charge in [-0.1, -0.05) is 231 Å². The minimum absolute atomic E-state index is 0.0162. The summed E-state index contributed by atoms with van der Waals surface area (Å²) in [5.74, 6) is -0.0966. The van der Waals surface area contributed by atoms with Crippen molar-refractivity contribution in [3.63, 3.8) is 0 Å². The summed E-state index contributed by atoms with van der Waals surface area (Å²) in [6.45, 7) is 4.86. The zero-order valence-corrected chi connectivity index (χ0v) is 39.5. The van der Waals surface area contributed by atoms with Crippen LogP contribution in [0.1, 0.15) is 277 Å². The van der Waals surface area contributed by atoms with E-state index < -0.39 is 12.1 Å². The van der Waals surface area contributed by atoms with Gasteiger partial charge < -0.3 is 20.3 Å². The zero-order chi connectivity index (χ0) is 43.0. The normalized spacial score (nSPS) is 12.8. The van der Waals surface area contributed by atoms with E-state index in [1.165, 1.54) is 193 Å². The molecule has 0 aromatic heterocycles. The van der Waals surface area contributed by atoms with Gasteiger partial charge in [-0.25, -0.2) is 0 Å². The molecule has 0 saturated carbocycles. The quantitative estimate of drug-likeness (QED) is 0.0322. The van der Waals surface area contributed by atoms with E-state index in [0.29, 0.717) is 19.4 Å². The van der Waals surface area contributed by atoms with Gasteiger partial charge in [0.1, 0.15) is 0 Å². The molecule has 2 atom stereocenters. The van der Waals surface area contributed by atoms with Gasteiger partial charge in [-0.2, -0.15) is 0 Å². The molecule has 0 aliphatic heterocycles. The molecule has 0 aliphatic rings. The molecule has 1 amide bonds. The molecule has 59 heavy (non-hydrogen) atoms. The molecular weight excluding hydrogens is 731 g/mol. The van der Waals surface area contributed by atoms with E-state index in [4.69, 9.17) is 4.74 Å². The van der Waals surface area contributed by atoms with Gasteiger partial charge in [-0.15, -0.1) is 0 Å². The number of hydrogen-bond donors (Lipinski definition) is 3. The lowest BCUT2D eigenvalue weighted by molar-refractivity contribution is -0.143. The highest BCUT2D eigenvalue weighted by Crippen LogP contribution is 2.16. The van der Waals surface area contributed by atoms with Crippen LogP contribution >= 0.6 is 0 Å². The van der Waals surface area contributed by atoms with E-state index >= 15 is 0 Å². The highest BCUT2D eigenvalue weighted by Gasteiger charge is 2.18. The zero-order valence-electron chi connectivity index (χ0n) is 39.5. The highest BCUT2D eigenvalue weighted by molar-refractivity contribution is 5.76. The molecule has 6 nitrogen and oxygen atoms in total. The van der Waals surface area contributed by atoms with Gasteiger partial charge >= 0.3 is 5.97 Å². The van der Waals surface area contributed by atoms with Crippen molar-refractivity contribution in [3.8, 4) is 0 Å². The molecule has 0 bridgehead atoms. The van der Waals surface area contributed by atoms with Gasteiger partial charge in [0.2, 0.25) is 5.91 Å². The van der Waals surface area contributed by atoms with Crippen LogP contribution in [-0.2, 0) is 14.3 Å². The minimum Gasteiger partial charge on any atom is -0.466 e. The molecule has 0 spiro atoms. The first-order valence-electron chi connectivity index (χ1n) is 26.1. The lowest BCUT2D eigenvalue weighted by atomic mass is 10.0. The van der Waals surface area contributed by atoms with Crippen LogP contribution < -0.4 is 5.32 Å². The Morgan fingerprint density at radius 1 is 0.458 bits per heavy atom. The summed E-state index contributed by atoms with van der Waals surface area (Å²) < 4.78 is 5.45. The SMILES string of the molecule is CCCCCC/C=C\CCCCCCCC(=O)OCCCCCCCCCCCCCCCC(=O)NC(CO)C(O)/C=C/CCCCCCCCCCCCCCCC. The average molecular weight is 832 g/mol. The van der Waals surface area contributed by atoms with E-state index in [2.05, 4.69) is 31.3 Å². The van der Waals surface area contributed by atoms with Crippen LogP contribution in [0.2, 0.25) is 0 Å². The second-order valence-corrected chi connectivity index (χ2v) is 17.9. The maximum atomic E-state index is 12.4. The average Bonchev–Trinajstić information content (AvgIpc) is 3.24. The van der Waals surface area contributed by atoms with Crippen LogP contribution in [0.25, 0.3) is 0 Å². The van der Waals surface area contributed by atoms with Crippen molar-refractivity contribution < 1.29 is 24.5 Å². The number of nitrogens with one attached hydrogen (secondary N) is 1. The third-order valence-corrected chi connectivity index (χ3v) is 12.0. The van der Waals surface area contributed by atoms with Crippen LogP contribution in [0.3, 0.4) is 0 Å². The summed E-state index contributed by atoms with van der Waals surface area (Å²) in [4.78, 5) is 24.4. The van der Waals surface area contributed by atoms with Crippen molar-refractivity contribution in [3.05, 3.63) is 24.3 Å². The topological polar surface area (TPSA) is 95.9 Å². The molecule has 0 fully saturated rings. The van der Waals surface area contributed by atoms with Crippen LogP contribution in [0.4, 0.5) is 0 Å².